The zero-order valence-corrected chi connectivity index (χ0v) is 11.9. The fraction of sp³-hybridized carbons (Fsp3) is 0.364. The van der Waals surface area contributed by atoms with Crippen LogP contribution in [0.4, 0.5) is 10.5 Å². The molecule has 0 saturated carbocycles. The molecule has 0 radical (unpaired) electrons. The van der Waals surface area contributed by atoms with Gasteiger partial charge in [0.15, 0.2) is 5.65 Å². The minimum Gasteiger partial charge on any atom is -0.444 e. The maximum atomic E-state index is 11.7. The van der Waals surface area contributed by atoms with Crippen molar-refractivity contribution in [3.8, 4) is 0 Å². The number of halogens is 1. The molecule has 96 valence electrons. The summed E-state index contributed by atoms with van der Waals surface area (Å²) in [5.41, 5.74) is 0.556. The van der Waals surface area contributed by atoms with Gasteiger partial charge in [0.25, 0.3) is 0 Å². The molecule has 0 aliphatic heterocycles. The number of fused-ring (bicyclic) bond motifs is 1. The molecular weight excluding hydrogens is 300 g/mol. The molecule has 18 heavy (non-hydrogen) atoms. The summed E-state index contributed by atoms with van der Waals surface area (Å²) >= 11 is 3.27. The van der Waals surface area contributed by atoms with Crippen molar-refractivity contribution in [3.63, 3.8) is 0 Å². The van der Waals surface area contributed by atoms with Crippen molar-refractivity contribution in [2.75, 3.05) is 5.32 Å². The van der Waals surface area contributed by atoms with Crippen molar-refractivity contribution in [1.82, 2.24) is 14.6 Å². The summed E-state index contributed by atoms with van der Waals surface area (Å²) in [7, 11) is 0. The Labute approximate surface area is 112 Å². The Balaban J connectivity index is 2.26. The van der Waals surface area contributed by atoms with Gasteiger partial charge in [-0.25, -0.2) is 14.3 Å². The number of carbonyl (C=O) groups excluding carboxylic acids is 1. The monoisotopic (exact) mass is 312 g/mol. The van der Waals surface area contributed by atoms with Crippen LogP contribution in [-0.2, 0) is 4.74 Å². The molecule has 0 spiro atoms. The molecule has 2 heterocycles. The second kappa shape index (κ2) is 4.56. The lowest BCUT2D eigenvalue weighted by Crippen LogP contribution is -2.27. The van der Waals surface area contributed by atoms with Crippen LogP contribution in [0.25, 0.3) is 5.65 Å². The van der Waals surface area contributed by atoms with Crippen LogP contribution in [0.5, 0.6) is 0 Å². The van der Waals surface area contributed by atoms with E-state index in [2.05, 4.69) is 31.3 Å². The highest BCUT2D eigenvalue weighted by atomic mass is 79.9. The fourth-order valence-corrected chi connectivity index (χ4v) is 1.79. The van der Waals surface area contributed by atoms with Gasteiger partial charge < -0.3 is 4.74 Å². The molecule has 0 unspecified atom stereocenters. The third kappa shape index (κ3) is 2.98. The van der Waals surface area contributed by atoms with Gasteiger partial charge in [0.1, 0.15) is 10.2 Å². The van der Waals surface area contributed by atoms with E-state index in [-0.39, 0.29) is 0 Å². The highest BCUT2D eigenvalue weighted by Gasteiger charge is 2.17. The van der Waals surface area contributed by atoms with Crippen LogP contribution < -0.4 is 5.32 Å². The van der Waals surface area contributed by atoms with E-state index in [1.165, 1.54) is 0 Å². The van der Waals surface area contributed by atoms with Gasteiger partial charge in [-0.1, -0.05) is 0 Å². The average molecular weight is 313 g/mol. The summed E-state index contributed by atoms with van der Waals surface area (Å²) in [6, 6.07) is 1.67. The molecule has 2 aromatic heterocycles. The third-order valence-corrected chi connectivity index (χ3v) is 2.35. The summed E-state index contributed by atoms with van der Waals surface area (Å²) in [6.07, 6.45) is 2.78. The van der Waals surface area contributed by atoms with Crippen LogP contribution >= 0.6 is 15.9 Å². The van der Waals surface area contributed by atoms with Gasteiger partial charge in [0, 0.05) is 18.5 Å². The van der Waals surface area contributed by atoms with Crippen LogP contribution in [0.15, 0.2) is 23.1 Å². The molecule has 0 aliphatic carbocycles. The standard InChI is InChI=1S/C11H13BrN4O2/c1-11(2,3)18-10(17)14-7-6-8(12)15-16-5-4-13-9(7)16/h4-6H,1-3H3,(H,14,17). The predicted molar refractivity (Wildman–Crippen MR) is 70.5 cm³/mol. The van der Waals surface area contributed by atoms with Gasteiger partial charge in [0.2, 0.25) is 0 Å². The van der Waals surface area contributed by atoms with Gasteiger partial charge in [-0.15, -0.1) is 0 Å². The number of hydrogen-bond donors (Lipinski definition) is 1. The Hall–Kier alpha value is -1.63. The minimum atomic E-state index is -0.542. The number of amides is 1. The van der Waals surface area contributed by atoms with Gasteiger partial charge in [-0.2, -0.15) is 5.10 Å². The number of hydrogen-bond acceptors (Lipinski definition) is 4. The quantitative estimate of drug-likeness (QED) is 0.879. The topological polar surface area (TPSA) is 68.5 Å². The summed E-state index contributed by atoms with van der Waals surface area (Å²) in [6.45, 7) is 5.42. The van der Waals surface area contributed by atoms with Gasteiger partial charge in [0.05, 0.1) is 5.69 Å². The van der Waals surface area contributed by atoms with E-state index >= 15 is 0 Å². The highest BCUT2D eigenvalue weighted by Crippen LogP contribution is 2.19. The van der Waals surface area contributed by atoms with Crippen molar-refractivity contribution in [2.24, 2.45) is 0 Å². The van der Waals surface area contributed by atoms with Gasteiger partial charge in [-0.05, 0) is 36.7 Å². The van der Waals surface area contributed by atoms with Crippen LogP contribution in [0.3, 0.4) is 0 Å². The summed E-state index contributed by atoms with van der Waals surface area (Å²) in [5, 5.41) is 6.81. The lowest BCUT2D eigenvalue weighted by molar-refractivity contribution is 0.0636. The Bertz CT molecular complexity index is 588. The fourth-order valence-electron chi connectivity index (χ4n) is 1.39. The molecule has 0 aliphatic rings. The zero-order valence-electron chi connectivity index (χ0n) is 10.3. The minimum absolute atomic E-state index is 0.523. The molecule has 0 aromatic carbocycles. The molecule has 1 N–H and O–H groups in total. The lowest BCUT2D eigenvalue weighted by atomic mass is 10.2. The number of ether oxygens (including phenoxy) is 1. The number of nitrogens with zero attached hydrogens (tertiary/aromatic N) is 3. The highest BCUT2D eigenvalue weighted by molar-refractivity contribution is 9.10. The van der Waals surface area contributed by atoms with Crippen molar-refractivity contribution in [3.05, 3.63) is 23.1 Å². The maximum Gasteiger partial charge on any atom is 0.412 e. The SMILES string of the molecule is CC(C)(C)OC(=O)Nc1cc(Br)nn2ccnc12. The normalized spacial score (nSPS) is 11.6. The molecule has 0 atom stereocenters. The molecular formula is C11H13BrN4O2. The van der Waals surface area contributed by atoms with Crippen molar-refractivity contribution < 1.29 is 9.53 Å². The Morgan fingerprint density at radius 1 is 1.50 bits per heavy atom. The van der Waals surface area contributed by atoms with Gasteiger partial charge >= 0.3 is 6.09 Å². The van der Waals surface area contributed by atoms with Crippen LogP contribution in [0.2, 0.25) is 0 Å². The van der Waals surface area contributed by atoms with E-state index in [0.717, 1.165) is 0 Å². The summed E-state index contributed by atoms with van der Waals surface area (Å²) in [4.78, 5) is 15.8. The molecule has 0 bridgehead atoms. The van der Waals surface area contributed by atoms with Crippen LogP contribution in [-0.4, -0.2) is 26.3 Å². The first kappa shape index (κ1) is 12.8. The summed E-state index contributed by atoms with van der Waals surface area (Å²) in [5.74, 6) is 0. The number of anilines is 1. The van der Waals surface area contributed by atoms with E-state index in [1.54, 1.807) is 43.7 Å². The summed E-state index contributed by atoms with van der Waals surface area (Å²) < 4.78 is 7.35. The Kier molecular flexibility index (Phi) is 3.25. The largest absolute Gasteiger partial charge is 0.444 e. The number of carbonyl (C=O) groups is 1. The number of aromatic nitrogens is 3. The van der Waals surface area contributed by atoms with Crippen molar-refractivity contribution >= 4 is 33.4 Å². The zero-order chi connectivity index (χ0) is 13.3. The van der Waals surface area contributed by atoms with E-state index in [4.69, 9.17) is 4.74 Å². The number of rotatable bonds is 1. The van der Waals surface area contributed by atoms with E-state index in [0.29, 0.717) is 15.9 Å². The number of imidazole rings is 1. The average Bonchev–Trinajstić information content (AvgIpc) is 2.61. The molecule has 6 nitrogen and oxygen atoms in total. The van der Waals surface area contributed by atoms with Crippen molar-refractivity contribution in [2.45, 2.75) is 26.4 Å². The molecule has 7 heteroatoms. The maximum absolute atomic E-state index is 11.7. The second-order valence-corrected chi connectivity index (χ2v) is 5.52. The van der Waals surface area contributed by atoms with E-state index < -0.39 is 11.7 Å². The van der Waals surface area contributed by atoms with Crippen LogP contribution in [0.1, 0.15) is 20.8 Å². The van der Waals surface area contributed by atoms with Gasteiger partial charge in [-0.3, -0.25) is 5.32 Å². The molecule has 2 aromatic rings. The third-order valence-electron chi connectivity index (χ3n) is 1.96. The van der Waals surface area contributed by atoms with E-state index in [1.807, 2.05) is 0 Å². The van der Waals surface area contributed by atoms with Crippen LogP contribution in [0, 0.1) is 0 Å². The molecule has 1 amide bonds. The first-order valence-electron chi connectivity index (χ1n) is 5.35. The van der Waals surface area contributed by atoms with Crippen molar-refractivity contribution in [1.29, 1.82) is 0 Å². The first-order chi connectivity index (χ1) is 8.35. The predicted octanol–water partition coefficient (Wildman–Crippen LogP) is 2.84. The lowest BCUT2D eigenvalue weighted by Gasteiger charge is -2.19. The Morgan fingerprint density at radius 2 is 2.22 bits per heavy atom. The smallest absolute Gasteiger partial charge is 0.412 e. The first-order valence-corrected chi connectivity index (χ1v) is 6.14. The molecule has 0 fully saturated rings. The Morgan fingerprint density at radius 3 is 2.89 bits per heavy atom. The molecule has 0 saturated heterocycles. The van der Waals surface area contributed by atoms with E-state index in [9.17, 15) is 4.79 Å². The number of nitrogens with one attached hydrogen (secondary N) is 1. The second-order valence-electron chi connectivity index (χ2n) is 4.70. The molecule has 2 rings (SSSR count).